The summed E-state index contributed by atoms with van der Waals surface area (Å²) in [5, 5.41) is 10.1. The fraction of sp³-hybridized carbons (Fsp3) is 0.182. The summed E-state index contributed by atoms with van der Waals surface area (Å²) in [6.07, 6.45) is 0. The lowest BCUT2D eigenvalue weighted by Gasteiger charge is -2.05. The first-order chi connectivity index (χ1) is 8.75. The van der Waals surface area contributed by atoms with Crippen molar-refractivity contribution in [3.63, 3.8) is 0 Å². The van der Waals surface area contributed by atoms with Gasteiger partial charge in [-0.2, -0.15) is 0 Å². The quantitative estimate of drug-likeness (QED) is 0.854. The van der Waals surface area contributed by atoms with Gasteiger partial charge >= 0.3 is 0 Å². The second-order valence-electron chi connectivity index (χ2n) is 3.36. The molecule has 2 rings (SSSR count). The molecule has 1 heterocycles. The Morgan fingerprint density at radius 2 is 2.28 bits per heavy atom. The topological polar surface area (TPSA) is 54.9 Å². The van der Waals surface area contributed by atoms with Crippen molar-refractivity contribution < 1.29 is 9.18 Å². The molecule has 0 fully saturated rings. The van der Waals surface area contributed by atoms with Gasteiger partial charge in [-0.05, 0) is 6.07 Å². The highest BCUT2D eigenvalue weighted by Crippen LogP contribution is 2.18. The van der Waals surface area contributed by atoms with E-state index in [1.54, 1.807) is 23.7 Å². The number of hydrogen-bond donors (Lipinski definition) is 1. The van der Waals surface area contributed by atoms with Crippen LogP contribution in [0.3, 0.4) is 0 Å². The maximum absolute atomic E-state index is 13.3. The second-order valence-corrected chi connectivity index (χ2v) is 5.42. The van der Waals surface area contributed by atoms with E-state index in [-0.39, 0.29) is 24.0 Å². The van der Waals surface area contributed by atoms with Crippen LogP contribution in [0.5, 0.6) is 0 Å². The molecule has 94 valence electrons. The number of hydrogen-bond acceptors (Lipinski definition) is 5. The van der Waals surface area contributed by atoms with Gasteiger partial charge in [-0.3, -0.25) is 4.79 Å². The van der Waals surface area contributed by atoms with Crippen LogP contribution in [0.15, 0.2) is 34.1 Å². The molecule has 0 saturated carbocycles. The summed E-state index contributed by atoms with van der Waals surface area (Å²) in [5.41, 5.74) is 2.09. The summed E-state index contributed by atoms with van der Waals surface area (Å²) in [6, 6.07) is 6.37. The molecule has 1 aromatic carbocycles. The molecule has 0 radical (unpaired) electrons. The predicted molar refractivity (Wildman–Crippen MR) is 68.9 cm³/mol. The van der Waals surface area contributed by atoms with Crippen molar-refractivity contribution in [2.24, 2.45) is 0 Å². The Morgan fingerprint density at radius 3 is 3.00 bits per heavy atom. The van der Waals surface area contributed by atoms with Crippen molar-refractivity contribution in [3.05, 3.63) is 41.2 Å². The fourth-order valence-corrected chi connectivity index (χ4v) is 2.56. The number of benzene rings is 1. The standard InChI is InChI=1S/C11H10FN3OS2/c12-9-4-2-1-3-8(9)5-13-10(16)6-17-11-15-14-7-18-11/h1-4,7H,5-6H2,(H,13,16). The van der Waals surface area contributed by atoms with E-state index in [0.29, 0.717) is 5.56 Å². The lowest BCUT2D eigenvalue weighted by Crippen LogP contribution is -2.24. The number of carbonyl (C=O) groups excluding carboxylic acids is 1. The summed E-state index contributed by atoms with van der Waals surface area (Å²) in [4.78, 5) is 11.5. The zero-order valence-corrected chi connectivity index (χ0v) is 10.9. The number of nitrogens with zero attached hydrogens (tertiary/aromatic N) is 2. The molecule has 0 aliphatic rings. The van der Waals surface area contributed by atoms with Gasteiger partial charge in [0.25, 0.3) is 0 Å². The van der Waals surface area contributed by atoms with Crippen LogP contribution < -0.4 is 5.32 Å². The summed E-state index contributed by atoms with van der Waals surface area (Å²) >= 11 is 2.70. The highest BCUT2D eigenvalue weighted by atomic mass is 32.2. The van der Waals surface area contributed by atoms with E-state index < -0.39 is 0 Å². The minimum atomic E-state index is -0.311. The van der Waals surface area contributed by atoms with Gasteiger partial charge in [0, 0.05) is 12.1 Å². The number of halogens is 1. The van der Waals surface area contributed by atoms with Crippen LogP contribution in [-0.2, 0) is 11.3 Å². The first-order valence-electron chi connectivity index (χ1n) is 5.15. The average molecular weight is 283 g/mol. The molecule has 0 spiro atoms. The number of thioether (sulfide) groups is 1. The van der Waals surface area contributed by atoms with Crippen LogP contribution in [0.4, 0.5) is 4.39 Å². The van der Waals surface area contributed by atoms with Gasteiger partial charge in [0.15, 0.2) is 4.34 Å². The van der Waals surface area contributed by atoms with Gasteiger partial charge in [-0.25, -0.2) is 4.39 Å². The third-order valence-electron chi connectivity index (χ3n) is 2.10. The minimum absolute atomic E-state index is 0.154. The van der Waals surface area contributed by atoms with Gasteiger partial charge in [0.2, 0.25) is 5.91 Å². The average Bonchev–Trinajstić information content (AvgIpc) is 2.88. The number of amides is 1. The van der Waals surface area contributed by atoms with E-state index in [1.165, 1.54) is 29.2 Å². The summed E-state index contributed by atoms with van der Waals surface area (Å²) < 4.78 is 14.0. The van der Waals surface area contributed by atoms with Crippen molar-refractivity contribution in [3.8, 4) is 0 Å². The fourth-order valence-electron chi connectivity index (χ4n) is 1.24. The number of rotatable bonds is 5. The number of carbonyl (C=O) groups is 1. The molecule has 0 bridgehead atoms. The van der Waals surface area contributed by atoms with E-state index in [2.05, 4.69) is 15.5 Å². The van der Waals surface area contributed by atoms with Crippen molar-refractivity contribution in [1.82, 2.24) is 15.5 Å². The Balaban J connectivity index is 1.77. The lowest BCUT2D eigenvalue weighted by atomic mass is 10.2. The van der Waals surface area contributed by atoms with Crippen LogP contribution in [0.25, 0.3) is 0 Å². The zero-order chi connectivity index (χ0) is 12.8. The Morgan fingerprint density at radius 1 is 1.44 bits per heavy atom. The van der Waals surface area contributed by atoms with E-state index in [4.69, 9.17) is 0 Å². The van der Waals surface area contributed by atoms with Crippen LogP contribution in [-0.4, -0.2) is 21.9 Å². The van der Waals surface area contributed by atoms with Crippen molar-refractivity contribution in [2.45, 2.75) is 10.9 Å². The molecule has 1 aromatic heterocycles. The van der Waals surface area contributed by atoms with Crippen molar-refractivity contribution in [2.75, 3.05) is 5.75 Å². The normalized spacial score (nSPS) is 10.3. The van der Waals surface area contributed by atoms with Gasteiger partial charge < -0.3 is 5.32 Å². The monoisotopic (exact) mass is 283 g/mol. The molecule has 0 unspecified atom stereocenters. The van der Waals surface area contributed by atoms with Crippen LogP contribution in [0.2, 0.25) is 0 Å². The summed E-state index contributed by atoms with van der Waals surface area (Å²) in [5.74, 6) is -0.211. The van der Waals surface area contributed by atoms with Crippen LogP contribution in [0.1, 0.15) is 5.56 Å². The maximum Gasteiger partial charge on any atom is 0.230 e. The molecule has 0 aliphatic carbocycles. The molecule has 1 N–H and O–H groups in total. The third kappa shape index (κ3) is 3.78. The molecule has 1 amide bonds. The van der Waals surface area contributed by atoms with Crippen LogP contribution in [0, 0.1) is 5.82 Å². The number of aromatic nitrogens is 2. The van der Waals surface area contributed by atoms with Gasteiger partial charge in [-0.15, -0.1) is 10.2 Å². The third-order valence-corrected chi connectivity index (χ3v) is 3.96. The first-order valence-corrected chi connectivity index (χ1v) is 7.01. The Labute approximate surface area is 112 Å². The molecular weight excluding hydrogens is 273 g/mol. The van der Waals surface area contributed by atoms with E-state index >= 15 is 0 Å². The van der Waals surface area contributed by atoms with Crippen molar-refractivity contribution >= 4 is 29.0 Å². The molecular formula is C11H10FN3OS2. The smallest absolute Gasteiger partial charge is 0.230 e. The number of nitrogens with one attached hydrogen (secondary N) is 1. The second kappa shape index (κ2) is 6.46. The molecule has 4 nitrogen and oxygen atoms in total. The summed E-state index contributed by atoms with van der Waals surface area (Å²) in [7, 11) is 0. The molecule has 2 aromatic rings. The zero-order valence-electron chi connectivity index (χ0n) is 9.30. The van der Waals surface area contributed by atoms with E-state index in [1.807, 2.05) is 0 Å². The Kier molecular flexibility index (Phi) is 4.66. The van der Waals surface area contributed by atoms with Crippen LogP contribution >= 0.6 is 23.1 Å². The van der Waals surface area contributed by atoms with E-state index in [0.717, 1.165) is 4.34 Å². The largest absolute Gasteiger partial charge is 0.351 e. The lowest BCUT2D eigenvalue weighted by molar-refractivity contribution is -0.118. The summed E-state index contributed by atoms with van der Waals surface area (Å²) in [6.45, 7) is 0.197. The molecule has 7 heteroatoms. The maximum atomic E-state index is 13.3. The predicted octanol–water partition coefficient (Wildman–Crippen LogP) is 2.09. The van der Waals surface area contributed by atoms with Gasteiger partial charge in [-0.1, -0.05) is 41.3 Å². The van der Waals surface area contributed by atoms with E-state index in [9.17, 15) is 9.18 Å². The Hall–Kier alpha value is -1.47. The van der Waals surface area contributed by atoms with Crippen molar-refractivity contribution in [1.29, 1.82) is 0 Å². The molecule has 0 atom stereocenters. The Bertz CT molecular complexity index is 519. The molecule has 18 heavy (non-hydrogen) atoms. The minimum Gasteiger partial charge on any atom is -0.351 e. The highest BCUT2D eigenvalue weighted by molar-refractivity contribution is 8.01. The highest BCUT2D eigenvalue weighted by Gasteiger charge is 2.06. The van der Waals surface area contributed by atoms with Gasteiger partial charge in [0.1, 0.15) is 11.3 Å². The van der Waals surface area contributed by atoms with Gasteiger partial charge in [0.05, 0.1) is 5.75 Å². The molecule has 0 aliphatic heterocycles. The SMILES string of the molecule is O=C(CSc1nncs1)NCc1ccccc1F. The first kappa shape index (κ1) is 13.0. The molecule has 0 saturated heterocycles.